The van der Waals surface area contributed by atoms with E-state index in [1.54, 1.807) is 6.92 Å². The Hall–Kier alpha value is -1.75. The summed E-state index contributed by atoms with van der Waals surface area (Å²) in [4.78, 5) is 15.8. The maximum Gasteiger partial charge on any atom is 0.219 e. The molecule has 0 bridgehead atoms. The lowest BCUT2D eigenvalue weighted by molar-refractivity contribution is -0.131. The molecule has 5 nitrogen and oxygen atoms in total. The number of aromatic amines is 1. The number of fused-ring (bicyclic) bond motifs is 1. The highest BCUT2D eigenvalue weighted by Crippen LogP contribution is 2.44. The minimum atomic E-state index is 0.195. The van der Waals surface area contributed by atoms with Gasteiger partial charge < -0.3 is 9.80 Å². The van der Waals surface area contributed by atoms with E-state index in [1.807, 2.05) is 23.2 Å². The van der Waals surface area contributed by atoms with Crippen molar-refractivity contribution in [3.8, 4) is 0 Å². The van der Waals surface area contributed by atoms with Crippen LogP contribution in [0.25, 0.3) is 10.9 Å². The molecule has 0 unspecified atom stereocenters. The normalized spacial score (nSPS) is 20.5. The molecule has 1 aromatic carbocycles. The van der Waals surface area contributed by atoms with E-state index in [0.29, 0.717) is 5.41 Å². The SMILES string of the molecule is CC(=O)N1CCC2(CC1)CN(c1cc(Cl)cc3[nH]ncc13)C2. The fraction of sp³-hybridized carbons (Fsp3) is 0.500. The summed E-state index contributed by atoms with van der Waals surface area (Å²) in [6.45, 7) is 5.52. The number of likely N-dealkylation sites (tertiary alicyclic amines) is 1. The Labute approximate surface area is 134 Å². The third kappa shape index (κ3) is 2.15. The van der Waals surface area contributed by atoms with E-state index >= 15 is 0 Å². The van der Waals surface area contributed by atoms with E-state index in [-0.39, 0.29) is 5.91 Å². The molecule has 0 atom stereocenters. The van der Waals surface area contributed by atoms with Gasteiger partial charge in [0.15, 0.2) is 0 Å². The molecule has 2 saturated heterocycles. The molecule has 2 aliphatic rings. The van der Waals surface area contributed by atoms with Crippen LogP contribution in [0, 0.1) is 5.41 Å². The molecule has 1 aromatic heterocycles. The molecule has 22 heavy (non-hydrogen) atoms. The van der Waals surface area contributed by atoms with Gasteiger partial charge in [-0.3, -0.25) is 9.89 Å². The molecule has 2 fully saturated rings. The van der Waals surface area contributed by atoms with E-state index in [1.165, 1.54) is 0 Å². The number of hydrogen-bond donors (Lipinski definition) is 1. The van der Waals surface area contributed by atoms with Crippen molar-refractivity contribution >= 4 is 34.1 Å². The zero-order valence-electron chi connectivity index (χ0n) is 12.6. The molecule has 1 spiro atoms. The number of rotatable bonds is 1. The summed E-state index contributed by atoms with van der Waals surface area (Å²) in [5, 5.41) is 8.97. The van der Waals surface area contributed by atoms with E-state index < -0.39 is 0 Å². The molecule has 0 saturated carbocycles. The van der Waals surface area contributed by atoms with Gasteiger partial charge in [-0.2, -0.15) is 5.10 Å². The van der Waals surface area contributed by atoms with Crippen molar-refractivity contribution in [3.63, 3.8) is 0 Å². The number of carbonyl (C=O) groups is 1. The largest absolute Gasteiger partial charge is 0.370 e. The van der Waals surface area contributed by atoms with Crippen LogP contribution in [-0.2, 0) is 4.79 Å². The Kier molecular flexibility index (Phi) is 3.08. The summed E-state index contributed by atoms with van der Waals surface area (Å²) in [5.41, 5.74) is 2.51. The van der Waals surface area contributed by atoms with Gasteiger partial charge in [0.05, 0.1) is 11.7 Å². The quantitative estimate of drug-likeness (QED) is 0.879. The second kappa shape index (κ2) is 4.88. The molecule has 0 radical (unpaired) electrons. The van der Waals surface area contributed by atoms with Crippen LogP contribution in [0.2, 0.25) is 5.02 Å². The topological polar surface area (TPSA) is 52.2 Å². The highest BCUT2D eigenvalue weighted by Gasteiger charge is 2.45. The minimum Gasteiger partial charge on any atom is -0.370 e. The predicted octanol–water partition coefficient (Wildman–Crippen LogP) is 2.67. The Morgan fingerprint density at radius 1 is 1.32 bits per heavy atom. The molecule has 1 amide bonds. The predicted molar refractivity (Wildman–Crippen MR) is 87.2 cm³/mol. The number of hydrogen-bond acceptors (Lipinski definition) is 3. The van der Waals surface area contributed by atoms with Crippen molar-refractivity contribution in [3.05, 3.63) is 23.4 Å². The van der Waals surface area contributed by atoms with Crippen molar-refractivity contribution in [1.29, 1.82) is 0 Å². The average Bonchev–Trinajstić information content (AvgIpc) is 2.92. The number of carbonyl (C=O) groups excluding carboxylic acids is 1. The van der Waals surface area contributed by atoms with Crippen molar-refractivity contribution in [2.24, 2.45) is 5.41 Å². The van der Waals surface area contributed by atoms with Gasteiger partial charge in [-0.05, 0) is 25.0 Å². The van der Waals surface area contributed by atoms with Crippen LogP contribution in [0.3, 0.4) is 0 Å². The molecule has 6 heteroatoms. The number of halogens is 1. The van der Waals surface area contributed by atoms with Crippen molar-refractivity contribution in [2.45, 2.75) is 19.8 Å². The first-order valence-electron chi connectivity index (χ1n) is 7.69. The van der Waals surface area contributed by atoms with Gasteiger partial charge in [0.1, 0.15) is 0 Å². The first-order valence-corrected chi connectivity index (χ1v) is 8.07. The van der Waals surface area contributed by atoms with Crippen LogP contribution in [-0.4, -0.2) is 47.2 Å². The lowest BCUT2D eigenvalue weighted by Gasteiger charge is -2.55. The summed E-state index contributed by atoms with van der Waals surface area (Å²) >= 11 is 6.22. The van der Waals surface area contributed by atoms with Crippen LogP contribution < -0.4 is 4.90 Å². The van der Waals surface area contributed by atoms with Crippen LogP contribution in [0.1, 0.15) is 19.8 Å². The molecule has 2 aliphatic heterocycles. The smallest absolute Gasteiger partial charge is 0.219 e. The number of amides is 1. The van der Waals surface area contributed by atoms with Gasteiger partial charge >= 0.3 is 0 Å². The van der Waals surface area contributed by atoms with Crippen molar-refractivity contribution in [1.82, 2.24) is 15.1 Å². The molecular weight excluding hydrogens is 300 g/mol. The third-order valence-electron chi connectivity index (χ3n) is 5.16. The second-order valence-corrected chi connectivity index (χ2v) is 7.05. The van der Waals surface area contributed by atoms with Crippen LogP contribution in [0.15, 0.2) is 18.3 Å². The second-order valence-electron chi connectivity index (χ2n) is 6.62. The van der Waals surface area contributed by atoms with Crippen LogP contribution in [0.5, 0.6) is 0 Å². The zero-order chi connectivity index (χ0) is 15.3. The summed E-state index contributed by atoms with van der Waals surface area (Å²) in [6, 6.07) is 3.94. The highest BCUT2D eigenvalue weighted by molar-refractivity contribution is 6.31. The maximum atomic E-state index is 11.4. The monoisotopic (exact) mass is 318 g/mol. The molecule has 1 N–H and O–H groups in total. The van der Waals surface area contributed by atoms with Crippen molar-refractivity contribution < 1.29 is 4.79 Å². The van der Waals surface area contributed by atoms with E-state index in [9.17, 15) is 4.79 Å². The number of nitrogens with zero attached hydrogens (tertiary/aromatic N) is 3. The van der Waals surface area contributed by atoms with Crippen LogP contribution >= 0.6 is 11.6 Å². The minimum absolute atomic E-state index is 0.195. The summed E-state index contributed by atoms with van der Waals surface area (Å²) in [6.07, 6.45) is 4.06. The molecule has 116 valence electrons. The van der Waals surface area contributed by atoms with Gasteiger partial charge in [0.2, 0.25) is 5.91 Å². The first-order chi connectivity index (χ1) is 10.6. The summed E-state index contributed by atoms with van der Waals surface area (Å²) in [7, 11) is 0. The van der Waals surface area contributed by atoms with Gasteiger partial charge in [0.25, 0.3) is 0 Å². The third-order valence-corrected chi connectivity index (χ3v) is 5.38. The molecule has 2 aromatic rings. The highest BCUT2D eigenvalue weighted by atomic mass is 35.5. The molecule has 0 aliphatic carbocycles. The Balaban J connectivity index is 1.51. The number of piperidine rings is 1. The first kappa shape index (κ1) is 13.9. The van der Waals surface area contributed by atoms with E-state index in [2.05, 4.69) is 15.1 Å². The molecule has 3 heterocycles. The summed E-state index contributed by atoms with van der Waals surface area (Å²) in [5.74, 6) is 0.195. The standard InChI is InChI=1S/C16H19ClN4O/c1-11(22)20-4-2-16(3-5-20)9-21(10-16)15-7-12(17)6-14-13(15)8-18-19-14/h6-8H,2-5,9-10H2,1H3,(H,18,19). The number of nitrogens with one attached hydrogen (secondary N) is 1. The zero-order valence-corrected chi connectivity index (χ0v) is 13.4. The average molecular weight is 319 g/mol. The fourth-order valence-corrected chi connectivity index (χ4v) is 4.02. The number of H-pyrrole nitrogens is 1. The van der Waals surface area contributed by atoms with E-state index in [4.69, 9.17) is 11.6 Å². The molecule has 4 rings (SSSR count). The maximum absolute atomic E-state index is 11.4. The van der Waals surface area contributed by atoms with Gasteiger partial charge in [-0.25, -0.2) is 0 Å². The lowest BCUT2D eigenvalue weighted by Crippen LogP contribution is -2.60. The number of benzene rings is 1. The lowest BCUT2D eigenvalue weighted by atomic mass is 9.71. The fourth-order valence-electron chi connectivity index (χ4n) is 3.81. The van der Waals surface area contributed by atoms with Gasteiger partial charge in [-0.1, -0.05) is 11.6 Å². The Morgan fingerprint density at radius 3 is 2.73 bits per heavy atom. The summed E-state index contributed by atoms with van der Waals surface area (Å²) < 4.78 is 0. The van der Waals surface area contributed by atoms with Crippen molar-refractivity contribution in [2.75, 3.05) is 31.1 Å². The number of aromatic nitrogens is 2. The molecular formula is C16H19ClN4O. The van der Waals surface area contributed by atoms with E-state index in [0.717, 1.165) is 60.6 Å². The Morgan fingerprint density at radius 2 is 2.05 bits per heavy atom. The van der Waals surface area contributed by atoms with Gasteiger partial charge in [0, 0.05) is 54.6 Å². The van der Waals surface area contributed by atoms with Gasteiger partial charge in [-0.15, -0.1) is 0 Å². The van der Waals surface area contributed by atoms with Crippen LogP contribution in [0.4, 0.5) is 5.69 Å². The Bertz CT molecular complexity index is 725. The number of anilines is 1.